The smallest absolute Gasteiger partial charge is 0.358 e. The van der Waals surface area contributed by atoms with Crippen LogP contribution in [0.5, 0.6) is 5.75 Å². The molecule has 3 rings (SSSR count). The van der Waals surface area contributed by atoms with Crippen molar-refractivity contribution in [3.63, 3.8) is 0 Å². The third-order valence-corrected chi connectivity index (χ3v) is 3.84. The Morgan fingerprint density at radius 3 is 2.73 bits per heavy atom. The summed E-state index contributed by atoms with van der Waals surface area (Å²) in [6, 6.07) is 7.41. The highest BCUT2D eigenvalue weighted by Gasteiger charge is 2.21. The second-order valence-corrected chi connectivity index (χ2v) is 5.31. The maximum absolute atomic E-state index is 11.3. The van der Waals surface area contributed by atoms with Gasteiger partial charge in [0.05, 0.1) is 12.8 Å². The number of benzene rings is 1. The zero-order valence-electron chi connectivity index (χ0n) is 11.6. The number of thiazole rings is 1. The molecule has 8 heteroatoms. The van der Waals surface area contributed by atoms with Gasteiger partial charge in [-0.25, -0.2) is 9.78 Å². The SMILES string of the molecule is COc1ccc(Cc2c(C(=O)O)nnn2-c2nccs2)cc1. The van der Waals surface area contributed by atoms with Crippen molar-refractivity contribution in [3.8, 4) is 10.9 Å². The van der Waals surface area contributed by atoms with E-state index in [2.05, 4.69) is 15.3 Å². The Bertz CT molecular complexity index is 781. The van der Waals surface area contributed by atoms with Crippen LogP contribution in [0.15, 0.2) is 35.8 Å². The summed E-state index contributed by atoms with van der Waals surface area (Å²) in [5.41, 5.74) is 1.36. The van der Waals surface area contributed by atoms with Crippen molar-refractivity contribution >= 4 is 17.3 Å². The Labute approximate surface area is 129 Å². The first kappa shape index (κ1) is 14.2. The van der Waals surface area contributed by atoms with Crippen LogP contribution in [-0.4, -0.2) is 38.2 Å². The minimum Gasteiger partial charge on any atom is -0.497 e. The van der Waals surface area contributed by atoms with Gasteiger partial charge in [0.15, 0.2) is 5.69 Å². The Kier molecular flexibility index (Phi) is 3.84. The number of aromatic carboxylic acids is 1. The number of rotatable bonds is 5. The van der Waals surface area contributed by atoms with Gasteiger partial charge in [0.1, 0.15) is 5.75 Å². The molecule has 0 radical (unpaired) electrons. The molecule has 0 bridgehead atoms. The first-order valence-corrected chi connectivity index (χ1v) is 7.27. The van der Waals surface area contributed by atoms with Gasteiger partial charge in [0.25, 0.3) is 0 Å². The molecule has 2 heterocycles. The molecule has 0 saturated carbocycles. The van der Waals surface area contributed by atoms with Crippen LogP contribution >= 0.6 is 11.3 Å². The van der Waals surface area contributed by atoms with Crippen LogP contribution in [0.25, 0.3) is 5.13 Å². The quantitative estimate of drug-likeness (QED) is 0.774. The van der Waals surface area contributed by atoms with E-state index in [0.717, 1.165) is 11.3 Å². The van der Waals surface area contributed by atoms with Gasteiger partial charge in [-0.05, 0) is 17.7 Å². The number of aromatic nitrogens is 4. The maximum Gasteiger partial charge on any atom is 0.358 e. The Balaban J connectivity index is 2.00. The summed E-state index contributed by atoms with van der Waals surface area (Å²) in [7, 11) is 1.60. The molecule has 0 spiro atoms. The second kappa shape index (κ2) is 5.94. The minimum atomic E-state index is -1.11. The molecule has 7 nitrogen and oxygen atoms in total. The molecule has 0 aliphatic rings. The molecule has 0 aliphatic carbocycles. The molecule has 1 N–H and O–H groups in total. The lowest BCUT2D eigenvalue weighted by Crippen LogP contribution is -2.07. The van der Waals surface area contributed by atoms with E-state index in [0.29, 0.717) is 17.2 Å². The van der Waals surface area contributed by atoms with Crippen molar-refractivity contribution in [1.29, 1.82) is 0 Å². The van der Waals surface area contributed by atoms with E-state index >= 15 is 0 Å². The van der Waals surface area contributed by atoms with Crippen LogP contribution in [0.2, 0.25) is 0 Å². The molecule has 0 atom stereocenters. The summed E-state index contributed by atoms with van der Waals surface area (Å²) in [5, 5.41) is 19.3. The van der Waals surface area contributed by atoms with Crippen molar-refractivity contribution < 1.29 is 14.6 Å². The highest BCUT2D eigenvalue weighted by Crippen LogP contribution is 2.20. The van der Waals surface area contributed by atoms with Gasteiger partial charge in [-0.2, -0.15) is 4.68 Å². The average molecular weight is 316 g/mol. The highest BCUT2D eigenvalue weighted by molar-refractivity contribution is 7.12. The third kappa shape index (κ3) is 2.68. The zero-order valence-corrected chi connectivity index (χ0v) is 12.4. The standard InChI is InChI=1S/C14H12N4O3S/c1-21-10-4-2-9(3-5-10)8-11-12(13(19)20)16-17-18(11)14-15-6-7-22-14/h2-7H,8H2,1H3,(H,19,20). The van der Waals surface area contributed by atoms with E-state index in [1.54, 1.807) is 18.7 Å². The molecule has 0 saturated heterocycles. The molecule has 112 valence electrons. The van der Waals surface area contributed by atoms with Crippen LogP contribution in [0.4, 0.5) is 0 Å². The third-order valence-electron chi connectivity index (χ3n) is 3.10. The second-order valence-electron chi connectivity index (χ2n) is 4.44. The minimum absolute atomic E-state index is 0.0639. The topological polar surface area (TPSA) is 90.1 Å². The first-order chi connectivity index (χ1) is 10.7. The first-order valence-electron chi connectivity index (χ1n) is 6.39. The predicted octanol–water partition coefficient (Wildman–Crippen LogP) is 2.02. The fourth-order valence-corrected chi connectivity index (χ4v) is 2.65. The lowest BCUT2D eigenvalue weighted by Gasteiger charge is -2.05. The van der Waals surface area contributed by atoms with Crippen molar-refractivity contribution in [3.05, 3.63) is 52.8 Å². The lowest BCUT2D eigenvalue weighted by atomic mass is 10.1. The largest absolute Gasteiger partial charge is 0.497 e. The van der Waals surface area contributed by atoms with Gasteiger partial charge >= 0.3 is 5.97 Å². The predicted molar refractivity (Wildman–Crippen MR) is 79.8 cm³/mol. The van der Waals surface area contributed by atoms with Crippen molar-refractivity contribution in [2.75, 3.05) is 7.11 Å². The normalized spacial score (nSPS) is 10.6. The number of nitrogens with zero attached hydrogens (tertiary/aromatic N) is 4. The lowest BCUT2D eigenvalue weighted by molar-refractivity contribution is 0.0689. The van der Waals surface area contributed by atoms with E-state index in [1.807, 2.05) is 24.3 Å². The number of carboxylic acid groups (broad SMARTS) is 1. The van der Waals surface area contributed by atoms with E-state index < -0.39 is 5.97 Å². The van der Waals surface area contributed by atoms with Crippen molar-refractivity contribution in [2.45, 2.75) is 6.42 Å². The number of hydrogen-bond donors (Lipinski definition) is 1. The van der Waals surface area contributed by atoms with Gasteiger partial charge in [-0.1, -0.05) is 17.3 Å². The number of ether oxygens (including phenoxy) is 1. The Morgan fingerprint density at radius 2 is 2.14 bits per heavy atom. The van der Waals surface area contributed by atoms with Crippen LogP contribution in [0, 0.1) is 0 Å². The van der Waals surface area contributed by atoms with Gasteiger partial charge in [0.2, 0.25) is 5.13 Å². The molecule has 22 heavy (non-hydrogen) atoms. The van der Waals surface area contributed by atoms with E-state index in [4.69, 9.17) is 4.74 Å². The van der Waals surface area contributed by atoms with Gasteiger partial charge < -0.3 is 9.84 Å². The van der Waals surface area contributed by atoms with Crippen molar-refractivity contribution in [1.82, 2.24) is 20.0 Å². The fraction of sp³-hybridized carbons (Fsp3) is 0.143. The maximum atomic E-state index is 11.3. The molecule has 2 aromatic heterocycles. The molecule has 1 aromatic carbocycles. The van der Waals surface area contributed by atoms with E-state index in [-0.39, 0.29) is 5.69 Å². The molecule has 0 fully saturated rings. The molecule has 0 amide bonds. The molecular formula is C14H12N4O3S. The monoisotopic (exact) mass is 316 g/mol. The van der Waals surface area contributed by atoms with Crippen molar-refractivity contribution in [2.24, 2.45) is 0 Å². The van der Waals surface area contributed by atoms with Gasteiger partial charge in [-0.15, -0.1) is 16.4 Å². The van der Waals surface area contributed by atoms with Gasteiger partial charge in [0, 0.05) is 18.0 Å². The highest BCUT2D eigenvalue weighted by atomic mass is 32.1. The number of carboxylic acids is 1. The fourth-order valence-electron chi connectivity index (χ4n) is 2.04. The molecular weight excluding hydrogens is 304 g/mol. The summed E-state index contributed by atoms with van der Waals surface area (Å²) in [6.07, 6.45) is 2.03. The molecule has 0 aliphatic heterocycles. The number of methoxy groups -OCH3 is 1. The van der Waals surface area contributed by atoms with Crippen LogP contribution in [0.1, 0.15) is 21.7 Å². The van der Waals surface area contributed by atoms with Crippen LogP contribution < -0.4 is 4.74 Å². The number of hydrogen-bond acceptors (Lipinski definition) is 6. The molecule has 0 unspecified atom stereocenters. The summed E-state index contributed by atoms with van der Waals surface area (Å²) in [4.78, 5) is 15.5. The summed E-state index contributed by atoms with van der Waals surface area (Å²) in [5.74, 6) is -0.361. The Hall–Kier alpha value is -2.74. The zero-order chi connectivity index (χ0) is 15.5. The average Bonchev–Trinajstić information content (AvgIpc) is 3.17. The molecule has 3 aromatic rings. The van der Waals surface area contributed by atoms with E-state index in [1.165, 1.54) is 16.0 Å². The Morgan fingerprint density at radius 1 is 1.36 bits per heavy atom. The van der Waals surface area contributed by atoms with E-state index in [9.17, 15) is 9.90 Å². The van der Waals surface area contributed by atoms with Gasteiger partial charge in [-0.3, -0.25) is 0 Å². The summed E-state index contributed by atoms with van der Waals surface area (Å²) < 4.78 is 6.59. The van der Waals surface area contributed by atoms with Crippen LogP contribution in [0.3, 0.4) is 0 Å². The summed E-state index contributed by atoms with van der Waals surface area (Å²) >= 11 is 1.37. The summed E-state index contributed by atoms with van der Waals surface area (Å²) in [6.45, 7) is 0. The number of carbonyl (C=O) groups is 1. The van der Waals surface area contributed by atoms with Crippen LogP contribution in [-0.2, 0) is 6.42 Å².